The van der Waals surface area contributed by atoms with Crippen LogP contribution in [0.2, 0.25) is 0 Å². The lowest BCUT2D eigenvalue weighted by Crippen LogP contribution is -2.29. The van der Waals surface area contributed by atoms with Crippen LogP contribution in [0.4, 0.5) is 0 Å². The molecule has 0 radical (unpaired) electrons. The summed E-state index contributed by atoms with van der Waals surface area (Å²) in [6.45, 7) is 11.3. The zero-order valence-corrected chi connectivity index (χ0v) is 32.6. The summed E-state index contributed by atoms with van der Waals surface area (Å²) in [5, 5.41) is 0. The lowest BCUT2D eigenvalue weighted by atomic mass is 9.97. The molecule has 0 unspecified atom stereocenters. The lowest BCUT2D eigenvalue weighted by Gasteiger charge is -2.22. The van der Waals surface area contributed by atoms with Gasteiger partial charge in [-0.05, 0) is 94.1 Å². The first-order chi connectivity index (χ1) is 24.0. The number of hydrogen-bond acceptors (Lipinski definition) is 6. The van der Waals surface area contributed by atoms with Crippen LogP contribution in [0.15, 0.2) is 18.2 Å². The highest BCUT2D eigenvalue weighted by Gasteiger charge is 2.10. The Balaban J connectivity index is 2.17. The summed E-state index contributed by atoms with van der Waals surface area (Å²) in [6.07, 6.45) is 29.0. The van der Waals surface area contributed by atoms with E-state index in [4.69, 9.17) is 14.2 Å². The largest absolute Gasteiger partial charge is 0.466 e. The standard InChI is InChI=1S/C43H77NO5/c1-5-8-11-12-19-26-36-48-42(45)29-22-15-13-17-24-33-44(35-37-47-4)34-25-18-14-16-23-30-43(46)49-41-32-31-39(27-20-9-6-2)40(38-41)28-21-10-7-3/h31-32,38H,5-30,33-37H2,1-4H3. The van der Waals surface area contributed by atoms with Gasteiger partial charge in [0.15, 0.2) is 0 Å². The monoisotopic (exact) mass is 688 g/mol. The fourth-order valence-electron chi connectivity index (χ4n) is 6.42. The Kier molecular flexibility index (Phi) is 30.6. The van der Waals surface area contributed by atoms with E-state index < -0.39 is 0 Å². The number of aryl methyl sites for hydroxylation is 2. The van der Waals surface area contributed by atoms with Crippen molar-refractivity contribution in [3.05, 3.63) is 29.3 Å². The number of unbranched alkanes of at least 4 members (excludes halogenated alkanes) is 17. The maximum atomic E-state index is 12.6. The molecular formula is C43H77NO5. The zero-order valence-electron chi connectivity index (χ0n) is 32.6. The number of rotatable bonds is 35. The van der Waals surface area contributed by atoms with E-state index in [9.17, 15) is 9.59 Å². The number of hydrogen-bond donors (Lipinski definition) is 0. The van der Waals surface area contributed by atoms with Crippen molar-refractivity contribution in [1.82, 2.24) is 4.90 Å². The molecule has 6 heteroatoms. The summed E-state index contributed by atoms with van der Waals surface area (Å²) >= 11 is 0. The average Bonchev–Trinajstić information content (AvgIpc) is 3.10. The molecule has 0 amide bonds. The molecule has 0 aliphatic heterocycles. The highest BCUT2D eigenvalue weighted by atomic mass is 16.5. The fraction of sp³-hybridized carbons (Fsp3) is 0.814. The maximum absolute atomic E-state index is 12.6. The second kappa shape index (κ2) is 33.2. The van der Waals surface area contributed by atoms with E-state index in [1.807, 2.05) is 6.07 Å². The number of ether oxygens (including phenoxy) is 3. The molecule has 1 aromatic rings. The molecule has 0 bridgehead atoms. The normalized spacial score (nSPS) is 11.4. The Morgan fingerprint density at radius 1 is 0.531 bits per heavy atom. The van der Waals surface area contributed by atoms with Crippen molar-refractivity contribution in [3.8, 4) is 5.75 Å². The van der Waals surface area contributed by atoms with Crippen LogP contribution >= 0.6 is 0 Å². The average molecular weight is 688 g/mol. The summed E-state index contributed by atoms with van der Waals surface area (Å²) in [5.74, 6) is 0.586. The molecule has 1 aromatic carbocycles. The molecule has 49 heavy (non-hydrogen) atoms. The van der Waals surface area contributed by atoms with Crippen LogP contribution in [0, 0.1) is 0 Å². The molecular weight excluding hydrogens is 610 g/mol. The number of methoxy groups -OCH3 is 1. The summed E-state index contributed by atoms with van der Waals surface area (Å²) in [5.41, 5.74) is 2.79. The van der Waals surface area contributed by atoms with Crippen LogP contribution in [0.5, 0.6) is 5.75 Å². The van der Waals surface area contributed by atoms with Gasteiger partial charge in [0.25, 0.3) is 0 Å². The minimum Gasteiger partial charge on any atom is -0.466 e. The Morgan fingerprint density at radius 3 is 1.65 bits per heavy atom. The Bertz CT molecular complexity index is 919. The molecule has 0 spiro atoms. The van der Waals surface area contributed by atoms with Crippen LogP contribution < -0.4 is 4.74 Å². The van der Waals surface area contributed by atoms with E-state index in [1.165, 1.54) is 114 Å². The molecule has 0 saturated heterocycles. The van der Waals surface area contributed by atoms with Crippen LogP contribution in [0.25, 0.3) is 0 Å². The molecule has 284 valence electrons. The number of nitrogens with zero attached hydrogens (tertiary/aromatic N) is 1. The first-order valence-electron chi connectivity index (χ1n) is 20.7. The second-order valence-corrected chi connectivity index (χ2v) is 14.2. The molecule has 0 fully saturated rings. The Morgan fingerprint density at radius 2 is 1.04 bits per heavy atom. The van der Waals surface area contributed by atoms with Crippen molar-refractivity contribution >= 4 is 11.9 Å². The highest BCUT2D eigenvalue weighted by Crippen LogP contribution is 2.23. The van der Waals surface area contributed by atoms with Gasteiger partial charge in [-0.3, -0.25) is 9.59 Å². The number of carbonyl (C=O) groups excluding carboxylic acids is 2. The van der Waals surface area contributed by atoms with Gasteiger partial charge >= 0.3 is 11.9 Å². The summed E-state index contributed by atoms with van der Waals surface area (Å²) in [7, 11) is 1.78. The topological polar surface area (TPSA) is 65.1 Å². The van der Waals surface area contributed by atoms with Crippen LogP contribution in [-0.4, -0.2) is 56.8 Å². The van der Waals surface area contributed by atoms with Gasteiger partial charge in [-0.25, -0.2) is 0 Å². The molecule has 6 nitrogen and oxygen atoms in total. The van der Waals surface area contributed by atoms with Crippen molar-refractivity contribution in [1.29, 1.82) is 0 Å². The first-order valence-corrected chi connectivity index (χ1v) is 20.7. The summed E-state index contributed by atoms with van der Waals surface area (Å²) in [6, 6.07) is 6.31. The van der Waals surface area contributed by atoms with Gasteiger partial charge in [-0.1, -0.05) is 123 Å². The Hall–Kier alpha value is -1.92. The minimum absolute atomic E-state index is 0.0236. The van der Waals surface area contributed by atoms with Crippen LogP contribution in [0.3, 0.4) is 0 Å². The first kappa shape index (κ1) is 45.1. The van der Waals surface area contributed by atoms with Crippen molar-refractivity contribution in [3.63, 3.8) is 0 Å². The third-order valence-corrected chi connectivity index (χ3v) is 9.59. The van der Waals surface area contributed by atoms with Gasteiger partial charge < -0.3 is 19.1 Å². The fourth-order valence-corrected chi connectivity index (χ4v) is 6.42. The van der Waals surface area contributed by atoms with E-state index in [0.717, 1.165) is 77.6 Å². The van der Waals surface area contributed by atoms with E-state index in [0.29, 0.717) is 25.2 Å². The smallest absolute Gasteiger partial charge is 0.311 e. The van der Waals surface area contributed by atoms with E-state index >= 15 is 0 Å². The molecule has 0 aliphatic rings. The van der Waals surface area contributed by atoms with Crippen molar-refractivity contribution in [2.24, 2.45) is 0 Å². The third-order valence-electron chi connectivity index (χ3n) is 9.59. The molecule has 0 aromatic heterocycles. The molecule has 0 atom stereocenters. The zero-order chi connectivity index (χ0) is 35.6. The third kappa shape index (κ3) is 26.5. The van der Waals surface area contributed by atoms with Crippen LogP contribution in [-0.2, 0) is 31.9 Å². The SMILES string of the molecule is CCCCCCCCOC(=O)CCCCCCCN(CCCCCCCC(=O)Oc1ccc(CCCCC)c(CCCCC)c1)CCOC. The lowest BCUT2D eigenvalue weighted by molar-refractivity contribution is -0.144. The minimum atomic E-state index is -0.104. The van der Waals surface area contributed by atoms with Crippen LogP contribution in [0.1, 0.15) is 186 Å². The van der Waals surface area contributed by atoms with Gasteiger partial charge in [-0.2, -0.15) is 0 Å². The molecule has 0 N–H and O–H groups in total. The van der Waals surface area contributed by atoms with Gasteiger partial charge in [0.05, 0.1) is 13.2 Å². The van der Waals surface area contributed by atoms with Crippen molar-refractivity contribution < 1.29 is 23.8 Å². The second-order valence-electron chi connectivity index (χ2n) is 14.2. The molecule has 0 heterocycles. The Labute approximate surface area is 302 Å². The van der Waals surface area contributed by atoms with Gasteiger partial charge in [0, 0.05) is 26.5 Å². The predicted octanol–water partition coefficient (Wildman–Crippen LogP) is 11.6. The van der Waals surface area contributed by atoms with Gasteiger partial charge in [-0.15, -0.1) is 0 Å². The van der Waals surface area contributed by atoms with Crippen molar-refractivity contribution in [2.75, 3.05) is 40.0 Å². The number of benzene rings is 1. The summed E-state index contributed by atoms with van der Waals surface area (Å²) in [4.78, 5) is 27.1. The number of esters is 2. The van der Waals surface area contributed by atoms with Crippen molar-refractivity contribution in [2.45, 2.75) is 188 Å². The van der Waals surface area contributed by atoms with E-state index in [1.54, 1.807) is 7.11 Å². The van der Waals surface area contributed by atoms with E-state index in [-0.39, 0.29) is 11.9 Å². The van der Waals surface area contributed by atoms with E-state index in [2.05, 4.69) is 37.8 Å². The molecule has 0 aliphatic carbocycles. The molecule has 0 saturated carbocycles. The maximum Gasteiger partial charge on any atom is 0.311 e. The quantitative estimate of drug-likeness (QED) is 0.0402. The number of carbonyl (C=O) groups is 2. The van der Waals surface area contributed by atoms with Gasteiger partial charge in [0.2, 0.25) is 0 Å². The predicted molar refractivity (Wildman–Crippen MR) is 207 cm³/mol. The highest BCUT2D eigenvalue weighted by molar-refractivity contribution is 5.72. The van der Waals surface area contributed by atoms with Gasteiger partial charge in [0.1, 0.15) is 5.75 Å². The molecule has 1 rings (SSSR count). The summed E-state index contributed by atoms with van der Waals surface area (Å²) < 4.78 is 16.5.